The second kappa shape index (κ2) is 5.49. The monoisotopic (exact) mass is 350 g/mol. The molecule has 1 saturated heterocycles. The molecule has 0 aliphatic carbocycles. The summed E-state index contributed by atoms with van der Waals surface area (Å²) in [6.07, 6.45) is 1.11. The fourth-order valence-corrected chi connectivity index (χ4v) is 4.68. The third kappa shape index (κ3) is 2.46. The van der Waals surface area contributed by atoms with Gasteiger partial charge in [-0.2, -0.15) is 8.42 Å². The first kappa shape index (κ1) is 15.5. The lowest BCUT2D eigenvalue weighted by Gasteiger charge is -2.24. The molecule has 0 saturated carbocycles. The smallest absolute Gasteiger partial charge is 0.344 e. The van der Waals surface area contributed by atoms with E-state index < -0.39 is 10.1 Å². The van der Waals surface area contributed by atoms with Crippen LogP contribution in [0.25, 0.3) is 0 Å². The molecule has 0 bridgehead atoms. The molecule has 1 aromatic heterocycles. The second-order valence-corrected chi connectivity index (χ2v) is 7.63. The van der Waals surface area contributed by atoms with Gasteiger partial charge < -0.3 is 18.8 Å². The lowest BCUT2D eigenvalue weighted by atomic mass is 9.90. The highest BCUT2D eigenvalue weighted by Crippen LogP contribution is 2.43. The number of fused-ring (bicyclic) bond motifs is 3. The van der Waals surface area contributed by atoms with Crippen molar-refractivity contribution in [2.24, 2.45) is 0 Å². The van der Waals surface area contributed by atoms with Gasteiger partial charge in [-0.15, -0.1) is 0 Å². The van der Waals surface area contributed by atoms with Crippen LogP contribution in [0.15, 0.2) is 27.6 Å². The maximum atomic E-state index is 12.5. The van der Waals surface area contributed by atoms with Crippen molar-refractivity contribution >= 4 is 10.1 Å². The van der Waals surface area contributed by atoms with E-state index in [1.54, 1.807) is 26.0 Å². The Balaban J connectivity index is 1.63. The first-order valence-electron chi connectivity index (χ1n) is 7.84. The Hall–Kier alpha value is -2.06. The zero-order valence-corrected chi connectivity index (χ0v) is 14.2. The van der Waals surface area contributed by atoms with Crippen molar-refractivity contribution in [3.05, 3.63) is 35.2 Å². The summed E-state index contributed by atoms with van der Waals surface area (Å²) >= 11 is 0. The van der Waals surface area contributed by atoms with Gasteiger partial charge in [0.25, 0.3) is 0 Å². The van der Waals surface area contributed by atoms with E-state index in [1.165, 1.54) is 0 Å². The Kier molecular flexibility index (Phi) is 3.54. The largest absolute Gasteiger partial charge is 0.488 e. The molecule has 2 aliphatic rings. The van der Waals surface area contributed by atoms with Gasteiger partial charge in [-0.1, -0.05) is 11.2 Å². The minimum atomic E-state index is -4.00. The van der Waals surface area contributed by atoms with Crippen molar-refractivity contribution in [2.45, 2.75) is 37.2 Å². The Morgan fingerprint density at radius 1 is 1.33 bits per heavy atom. The summed E-state index contributed by atoms with van der Waals surface area (Å²) in [6, 6.07) is 5.20. The van der Waals surface area contributed by atoms with Gasteiger partial charge in [-0.05, 0) is 32.9 Å². The van der Waals surface area contributed by atoms with Gasteiger partial charge in [0.2, 0.25) is 0 Å². The van der Waals surface area contributed by atoms with Crippen molar-refractivity contribution in [3.8, 4) is 11.5 Å². The topological polar surface area (TPSA) is 90.7 Å². The molecule has 0 spiro atoms. The molecule has 2 aliphatic heterocycles. The summed E-state index contributed by atoms with van der Waals surface area (Å²) in [5, 5.41) is 6.97. The van der Waals surface area contributed by atoms with E-state index in [2.05, 4.69) is 10.5 Å². The SMILES string of the molecule is Cc1noc(C)c1S(=O)(=O)Oc1ccc2c(c1)OC1CNCCC21. The molecule has 1 N–H and O–H groups in total. The summed E-state index contributed by atoms with van der Waals surface area (Å²) in [5.74, 6) is 1.48. The predicted octanol–water partition coefficient (Wildman–Crippen LogP) is 1.90. The molecule has 24 heavy (non-hydrogen) atoms. The fourth-order valence-electron chi connectivity index (χ4n) is 3.45. The third-order valence-corrected chi connectivity index (χ3v) is 6.01. The molecule has 2 unspecified atom stereocenters. The Morgan fingerprint density at radius 3 is 2.92 bits per heavy atom. The van der Waals surface area contributed by atoms with Crippen LogP contribution < -0.4 is 14.2 Å². The van der Waals surface area contributed by atoms with Crippen LogP contribution in [-0.4, -0.2) is 32.8 Å². The van der Waals surface area contributed by atoms with Gasteiger partial charge in [0.1, 0.15) is 23.3 Å². The highest BCUT2D eigenvalue weighted by molar-refractivity contribution is 7.87. The molecule has 2 aromatic rings. The Morgan fingerprint density at radius 2 is 2.17 bits per heavy atom. The molecule has 1 aromatic carbocycles. The van der Waals surface area contributed by atoms with E-state index in [-0.39, 0.29) is 28.2 Å². The molecular weight excluding hydrogens is 332 g/mol. The number of rotatable bonds is 3. The summed E-state index contributed by atoms with van der Waals surface area (Å²) in [7, 11) is -4.00. The number of piperidine rings is 1. The second-order valence-electron chi connectivity index (χ2n) is 6.15. The first-order valence-corrected chi connectivity index (χ1v) is 9.25. The Bertz CT molecular complexity index is 870. The number of hydrogen-bond donors (Lipinski definition) is 1. The normalized spacial score (nSPS) is 22.6. The molecule has 2 atom stereocenters. The van der Waals surface area contributed by atoms with Crippen LogP contribution in [0.3, 0.4) is 0 Å². The van der Waals surface area contributed by atoms with Gasteiger partial charge in [-0.25, -0.2) is 0 Å². The summed E-state index contributed by atoms with van der Waals surface area (Å²) < 4.78 is 41.1. The Labute approximate surface area is 140 Å². The number of aryl methyl sites for hydroxylation is 2. The predicted molar refractivity (Wildman–Crippen MR) is 84.9 cm³/mol. The minimum absolute atomic E-state index is 0.0261. The summed E-state index contributed by atoms with van der Waals surface area (Å²) in [4.78, 5) is -0.0261. The zero-order chi connectivity index (χ0) is 16.9. The molecule has 0 amide bonds. The van der Waals surface area contributed by atoms with Crippen LogP contribution in [0.1, 0.15) is 29.4 Å². The third-order valence-electron chi connectivity index (χ3n) is 4.51. The van der Waals surface area contributed by atoms with E-state index in [4.69, 9.17) is 13.4 Å². The molecule has 128 valence electrons. The summed E-state index contributed by atoms with van der Waals surface area (Å²) in [5.41, 5.74) is 1.39. The lowest BCUT2D eigenvalue weighted by Crippen LogP contribution is -2.39. The van der Waals surface area contributed by atoms with Crippen molar-refractivity contribution in [1.82, 2.24) is 10.5 Å². The van der Waals surface area contributed by atoms with Crippen LogP contribution >= 0.6 is 0 Å². The van der Waals surface area contributed by atoms with Gasteiger partial charge in [0, 0.05) is 24.1 Å². The molecule has 1 fully saturated rings. The van der Waals surface area contributed by atoms with E-state index in [0.717, 1.165) is 25.1 Å². The fraction of sp³-hybridized carbons (Fsp3) is 0.438. The number of nitrogens with zero attached hydrogens (tertiary/aromatic N) is 1. The molecule has 0 radical (unpaired) electrons. The number of hydrogen-bond acceptors (Lipinski definition) is 7. The lowest BCUT2D eigenvalue weighted by molar-refractivity contribution is 0.176. The maximum absolute atomic E-state index is 12.5. The van der Waals surface area contributed by atoms with Crippen LogP contribution in [-0.2, 0) is 10.1 Å². The van der Waals surface area contributed by atoms with Gasteiger partial charge in [-0.3, -0.25) is 0 Å². The highest BCUT2D eigenvalue weighted by Gasteiger charge is 2.36. The van der Waals surface area contributed by atoms with Crippen molar-refractivity contribution < 1.29 is 21.9 Å². The van der Waals surface area contributed by atoms with E-state index in [9.17, 15) is 8.42 Å². The minimum Gasteiger partial charge on any atom is -0.488 e. The van der Waals surface area contributed by atoms with Crippen LogP contribution in [0.2, 0.25) is 0 Å². The van der Waals surface area contributed by atoms with Gasteiger partial charge in [0.15, 0.2) is 10.7 Å². The molecule has 7 nitrogen and oxygen atoms in total. The maximum Gasteiger partial charge on any atom is 0.344 e. The van der Waals surface area contributed by atoms with E-state index >= 15 is 0 Å². The zero-order valence-electron chi connectivity index (χ0n) is 13.4. The summed E-state index contributed by atoms with van der Waals surface area (Å²) in [6.45, 7) is 4.87. The van der Waals surface area contributed by atoms with Crippen LogP contribution in [0, 0.1) is 13.8 Å². The van der Waals surface area contributed by atoms with Gasteiger partial charge >= 0.3 is 10.1 Å². The van der Waals surface area contributed by atoms with Gasteiger partial charge in [0.05, 0.1) is 0 Å². The quantitative estimate of drug-likeness (QED) is 0.845. The highest BCUT2D eigenvalue weighted by atomic mass is 32.2. The number of nitrogens with one attached hydrogen (secondary N) is 1. The number of ether oxygens (including phenoxy) is 1. The van der Waals surface area contributed by atoms with E-state index in [0.29, 0.717) is 11.7 Å². The van der Waals surface area contributed by atoms with Crippen LogP contribution in [0.4, 0.5) is 0 Å². The van der Waals surface area contributed by atoms with Crippen molar-refractivity contribution in [3.63, 3.8) is 0 Å². The van der Waals surface area contributed by atoms with Crippen molar-refractivity contribution in [2.75, 3.05) is 13.1 Å². The standard InChI is InChI=1S/C16H18N2O5S/c1-9-16(10(2)22-18-9)24(19,20)23-11-3-4-12-13-5-6-17-8-15(13)21-14(12)7-11/h3-4,7,13,15,17H,5-6,8H2,1-2H3. The molecule has 3 heterocycles. The molecule has 8 heteroatoms. The average Bonchev–Trinajstić information content (AvgIpc) is 3.06. The van der Waals surface area contributed by atoms with Crippen LogP contribution in [0.5, 0.6) is 11.5 Å². The first-order chi connectivity index (χ1) is 11.5. The number of benzene rings is 1. The average molecular weight is 350 g/mol. The molecule has 4 rings (SSSR count). The van der Waals surface area contributed by atoms with E-state index in [1.807, 2.05) is 6.07 Å². The number of aromatic nitrogens is 1. The van der Waals surface area contributed by atoms with Crippen molar-refractivity contribution in [1.29, 1.82) is 0 Å². The molecular formula is C16H18N2O5S.